The number of ether oxygens (including phenoxy) is 2. The van der Waals surface area contributed by atoms with Crippen molar-refractivity contribution in [2.75, 3.05) is 13.1 Å². The van der Waals surface area contributed by atoms with E-state index in [1.807, 2.05) is 102 Å². The number of nitrogens with zero attached hydrogens (tertiary/aromatic N) is 2. The Balaban J connectivity index is 1.32. The van der Waals surface area contributed by atoms with E-state index >= 15 is 0 Å². The van der Waals surface area contributed by atoms with Crippen LogP contribution in [0.15, 0.2) is 48.5 Å². The molecule has 3 heterocycles. The third-order valence-electron chi connectivity index (χ3n) is 8.38. The van der Waals surface area contributed by atoms with E-state index in [0.717, 1.165) is 23.0 Å². The standard InChI is InChI=1S/C31H41BN2O6/c1-29(2,3)38-28(36)34-19-24-17-25(34)18-33(24)27(35)16-22-15-23(32-39-30(4,5)31(6,7)40-32)13-14-26(22)37-20-21-11-9-8-10-12-21/h8-15,24-25H,16-20H2,1-7H3/t24-,25-/m0/s1. The number of piperazine rings is 1. The van der Waals surface area contributed by atoms with Crippen molar-refractivity contribution < 1.29 is 28.4 Å². The van der Waals surface area contributed by atoms with Crippen molar-refractivity contribution in [3.63, 3.8) is 0 Å². The van der Waals surface area contributed by atoms with E-state index in [0.29, 0.717) is 25.4 Å². The summed E-state index contributed by atoms with van der Waals surface area (Å²) in [6.45, 7) is 15.1. The average Bonchev–Trinajstić information content (AvgIpc) is 3.54. The zero-order valence-electron chi connectivity index (χ0n) is 24.7. The Hall–Kier alpha value is -3.04. The first-order valence-electron chi connectivity index (χ1n) is 14.2. The molecule has 3 saturated heterocycles. The Morgan fingerprint density at radius 3 is 2.17 bits per heavy atom. The van der Waals surface area contributed by atoms with E-state index in [4.69, 9.17) is 18.8 Å². The molecule has 2 aromatic carbocycles. The number of hydrogen-bond acceptors (Lipinski definition) is 6. The lowest BCUT2D eigenvalue weighted by Crippen LogP contribution is -2.52. The van der Waals surface area contributed by atoms with E-state index in [2.05, 4.69) is 0 Å². The molecule has 0 saturated carbocycles. The zero-order valence-corrected chi connectivity index (χ0v) is 24.7. The van der Waals surface area contributed by atoms with Crippen molar-refractivity contribution in [2.45, 2.75) is 96.8 Å². The third-order valence-corrected chi connectivity index (χ3v) is 8.38. The first kappa shape index (κ1) is 28.5. The van der Waals surface area contributed by atoms with Crippen LogP contribution >= 0.6 is 0 Å². The average molecular weight is 548 g/mol. The van der Waals surface area contributed by atoms with Gasteiger partial charge in [-0.15, -0.1) is 0 Å². The van der Waals surface area contributed by atoms with Crippen LogP contribution in [0.4, 0.5) is 4.79 Å². The summed E-state index contributed by atoms with van der Waals surface area (Å²) in [5.74, 6) is 0.684. The van der Waals surface area contributed by atoms with Gasteiger partial charge in [0, 0.05) is 18.7 Å². The Kier molecular flexibility index (Phi) is 7.42. The maximum atomic E-state index is 13.6. The molecular formula is C31H41BN2O6. The SMILES string of the molecule is CC(C)(C)OC(=O)N1C[C@@H]2C[C@H]1CN2C(=O)Cc1cc(B2OC(C)(C)C(C)(C)O2)ccc1OCc1ccccc1. The number of fused-ring (bicyclic) bond motifs is 2. The molecule has 2 aromatic rings. The largest absolute Gasteiger partial charge is 0.494 e. The van der Waals surface area contributed by atoms with Gasteiger partial charge in [0.1, 0.15) is 18.0 Å². The molecular weight excluding hydrogens is 507 g/mol. The van der Waals surface area contributed by atoms with Crippen molar-refractivity contribution in [3.8, 4) is 5.75 Å². The van der Waals surface area contributed by atoms with Crippen molar-refractivity contribution in [2.24, 2.45) is 0 Å². The number of carbonyl (C=O) groups is 2. The van der Waals surface area contributed by atoms with Crippen LogP contribution in [-0.4, -0.2) is 70.9 Å². The van der Waals surface area contributed by atoms with Crippen molar-refractivity contribution in [1.82, 2.24) is 9.80 Å². The number of carbonyl (C=O) groups excluding carboxylic acids is 2. The van der Waals surface area contributed by atoms with Gasteiger partial charge in [0.05, 0.1) is 29.7 Å². The van der Waals surface area contributed by atoms with Gasteiger partial charge in [0.2, 0.25) is 5.91 Å². The molecule has 8 nitrogen and oxygen atoms in total. The summed E-state index contributed by atoms with van der Waals surface area (Å²) >= 11 is 0. The van der Waals surface area contributed by atoms with E-state index < -0.39 is 23.9 Å². The molecule has 9 heteroatoms. The van der Waals surface area contributed by atoms with E-state index in [9.17, 15) is 9.59 Å². The molecule has 5 rings (SSSR count). The number of benzene rings is 2. The fourth-order valence-electron chi connectivity index (χ4n) is 5.52. The third kappa shape index (κ3) is 5.86. The van der Waals surface area contributed by atoms with Crippen LogP contribution in [0.25, 0.3) is 0 Å². The minimum Gasteiger partial charge on any atom is -0.489 e. The van der Waals surface area contributed by atoms with Gasteiger partial charge in [0.15, 0.2) is 0 Å². The second-order valence-electron chi connectivity index (χ2n) is 13.1. The molecule has 3 aliphatic heterocycles. The number of rotatable bonds is 6. The lowest BCUT2D eigenvalue weighted by atomic mass is 9.78. The summed E-state index contributed by atoms with van der Waals surface area (Å²) in [6, 6.07) is 15.8. The molecule has 3 aliphatic rings. The van der Waals surface area contributed by atoms with Gasteiger partial charge in [-0.3, -0.25) is 4.79 Å². The monoisotopic (exact) mass is 548 g/mol. The Morgan fingerprint density at radius 2 is 1.57 bits per heavy atom. The Bertz CT molecular complexity index is 1240. The molecule has 2 atom stereocenters. The molecule has 0 unspecified atom stereocenters. The molecule has 2 amide bonds. The van der Waals surface area contributed by atoms with Crippen LogP contribution in [0, 0.1) is 0 Å². The van der Waals surface area contributed by atoms with Crippen LogP contribution < -0.4 is 10.2 Å². The maximum absolute atomic E-state index is 13.6. The lowest BCUT2D eigenvalue weighted by Gasteiger charge is -2.35. The highest BCUT2D eigenvalue weighted by molar-refractivity contribution is 6.62. The molecule has 0 aliphatic carbocycles. The molecule has 0 radical (unpaired) electrons. The normalized spacial score (nSPS) is 23.0. The van der Waals surface area contributed by atoms with Crippen LogP contribution in [-0.2, 0) is 31.9 Å². The van der Waals surface area contributed by atoms with Gasteiger partial charge in [-0.25, -0.2) is 4.79 Å². The number of hydrogen-bond donors (Lipinski definition) is 0. The summed E-state index contributed by atoms with van der Waals surface area (Å²) in [5, 5.41) is 0. The highest BCUT2D eigenvalue weighted by atomic mass is 16.7. The van der Waals surface area contributed by atoms with Crippen LogP contribution in [0.2, 0.25) is 0 Å². The minimum atomic E-state index is -0.549. The molecule has 3 fully saturated rings. The summed E-state index contributed by atoms with van der Waals surface area (Å²) in [5.41, 5.74) is 1.21. The second-order valence-corrected chi connectivity index (χ2v) is 13.1. The van der Waals surface area contributed by atoms with Gasteiger partial charge in [-0.1, -0.05) is 42.5 Å². The number of likely N-dealkylation sites (tertiary alicyclic amines) is 2. The maximum Gasteiger partial charge on any atom is 0.494 e. The Labute approximate surface area is 238 Å². The van der Waals surface area contributed by atoms with E-state index in [-0.39, 0.29) is 30.5 Å². The first-order chi connectivity index (χ1) is 18.7. The van der Waals surface area contributed by atoms with Gasteiger partial charge in [0.25, 0.3) is 0 Å². The van der Waals surface area contributed by atoms with Crippen molar-refractivity contribution in [3.05, 3.63) is 59.7 Å². The molecule has 0 N–H and O–H groups in total. The molecule has 40 heavy (non-hydrogen) atoms. The predicted octanol–water partition coefficient (Wildman–Crippen LogP) is 4.33. The Morgan fingerprint density at radius 1 is 0.950 bits per heavy atom. The van der Waals surface area contributed by atoms with Gasteiger partial charge in [-0.2, -0.15) is 0 Å². The fraction of sp³-hybridized carbons (Fsp3) is 0.548. The van der Waals surface area contributed by atoms with Crippen molar-refractivity contribution in [1.29, 1.82) is 0 Å². The fourth-order valence-corrected chi connectivity index (χ4v) is 5.52. The first-order valence-corrected chi connectivity index (χ1v) is 14.2. The van der Waals surface area contributed by atoms with Crippen molar-refractivity contribution >= 4 is 24.6 Å². The van der Waals surface area contributed by atoms with E-state index in [1.165, 1.54) is 0 Å². The molecule has 0 spiro atoms. The predicted molar refractivity (Wildman–Crippen MR) is 153 cm³/mol. The smallest absolute Gasteiger partial charge is 0.489 e. The summed E-state index contributed by atoms with van der Waals surface area (Å²) in [6.07, 6.45) is 0.655. The highest BCUT2D eigenvalue weighted by Crippen LogP contribution is 2.37. The van der Waals surface area contributed by atoms with Gasteiger partial charge >= 0.3 is 13.2 Å². The summed E-state index contributed by atoms with van der Waals surface area (Å²) in [4.78, 5) is 30.0. The number of amides is 2. The second kappa shape index (κ2) is 10.4. The van der Waals surface area contributed by atoms with Crippen LogP contribution in [0.5, 0.6) is 5.75 Å². The summed E-state index contributed by atoms with van der Waals surface area (Å²) < 4.78 is 24.4. The highest BCUT2D eigenvalue weighted by Gasteiger charge is 2.52. The molecule has 2 bridgehead atoms. The lowest BCUT2D eigenvalue weighted by molar-refractivity contribution is -0.132. The van der Waals surface area contributed by atoms with Gasteiger partial charge in [-0.05, 0) is 72.0 Å². The summed E-state index contributed by atoms with van der Waals surface area (Å²) in [7, 11) is -0.535. The topological polar surface area (TPSA) is 77.5 Å². The minimum absolute atomic E-state index is 0.00927. The van der Waals surface area contributed by atoms with Gasteiger partial charge < -0.3 is 28.6 Å². The quantitative estimate of drug-likeness (QED) is 0.501. The van der Waals surface area contributed by atoms with E-state index in [1.54, 1.807) is 4.90 Å². The molecule has 214 valence electrons. The van der Waals surface area contributed by atoms with Crippen LogP contribution in [0.3, 0.4) is 0 Å². The molecule has 0 aromatic heterocycles. The van der Waals surface area contributed by atoms with Crippen LogP contribution in [0.1, 0.15) is 66.0 Å². The zero-order chi connectivity index (χ0) is 28.9.